The number of hydrogen-bond acceptors (Lipinski definition) is 6. The first-order valence-corrected chi connectivity index (χ1v) is 9.25. The molecule has 0 N–H and O–H groups in total. The van der Waals surface area contributed by atoms with Gasteiger partial charge in [-0.05, 0) is 24.3 Å². The predicted molar refractivity (Wildman–Crippen MR) is 97.1 cm³/mol. The highest BCUT2D eigenvalue weighted by Gasteiger charge is 2.28. The van der Waals surface area contributed by atoms with Gasteiger partial charge in [-0.1, -0.05) is 51.5 Å². The Labute approximate surface area is 155 Å². The monoisotopic (exact) mass is 414 g/mol. The van der Waals surface area contributed by atoms with Gasteiger partial charge in [-0.25, -0.2) is 0 Å². The Kier molecular flexibility index (Phi) is 3.46. The van der Waals surface area contributed by atoms with E-state index in [4.69, 9.17) is 9.47 Å². The van der Waals surface area contributed by atoms with Crippen LogP contribution in [0.3, 0.4) is 0 Å². The molecule has 0 fully saturated rings. The molecular weight excluding hydrogens is 404 g/mol. The van der Waals surface area contributed by atoms with Gasteiger partial charge in [0.1, 0.15) is 11.6 Å². The third-order valence-corrected chi connectivity index (χ3v) is 5.38. The van der Waals surface area contributed by atoms with Crippen LogP contribution in [0.1, 0.15) is 11.9 Å². The van der Waals surface area contributed by atoms with E-state index in [-0.39, 0.29) is 6.10 Å². The summed E-state index contributed by atoms with van der Waals surface area (Å²) in [5.41, 5.74) is 1.04. The summed E-state index contributed by atoms with van der Waals surface area (Å²) < 4.78 is 14.6. The largest absolute Gasteiger partial charge is 0.485 e. The molecule has 0 saturated heterocycles. The van der Waals surface area contributed by atoms with Crippen molar-refractivity contribution >= 4 is 32.2 Å². The number of benzene rings is 2. The summed E-state index contributed by atoms with van der Waals surface area (Å²) in [6.07, 6.45) is -0.343. The SMILES string of the molecule is Brc1ccc(-c2nn3c([C@H]4COc5ccccc5O4)nnc3s2)cc1. The molecule has 8 heteroatoms. The van der Waals surface area contributed by atoms with Crippen LogP contribution < -0.4 is 9.47 Å². The number of halogens is 1. The van der Waals surface area contributed by atoms with Crippen molar-refractivity contribution in [2.24, 2.45) is 0 Å². The van der Waals surface area contributed by atoms with Crippen LogP contribution in [0.15, 0.2) is 53.0 Å². The van der Waals surface area contributed by atoms with Crippen molar-refractivity contribution in [2.75, 3.05) is 6.61 Å². The lowest BCUT2D eigenvalue weighted by molar-refractivity contribution is 0.0836. The zero-order valence-corrected chi connectivity index (χ0v) is 15.2. The summed E-state index contributed by atoms with van der Waals surface area (Å²) in [5.74, 6) is 2.09. The first-order valence-electron chi connectivity index (χ1n) is 7.64. The molecular formula is C17H11BrN4O2S. The maximum absolute atomic E-state index is 6.03. The van der Waals surface area contributed by atoms with Crippen LogP contribution >= 0.6 is 27.3 Å². The molecule has 5 rings (SSSR count). The highest BCUT2D eigenvalue weighted by atomic mass is 79.9. The predicted octanol–water partition coefficient (Wildman–Crippen LogP) is 4.13. The molecule has 0 saturated carbocycles. The molecule has 0 bridgehead atoms. The van der Waals surface area contributed by atoms with Gasteiger partial charge in [0, 0.05) is 10.0 Å². The first-order chi connectivity index (χ1) is 12.3. The fourth-order valence-corrected chi connectivity index (χ4v) is 3.80. The lowest BCUT2D eigenvalue weighted by Crippen LogP contribution is -2.23. The molecule has 25 heavy (non-hydrogen) atoms. The third-order valence-electron chi connectivity index (χ3n) is 3.90. The van der Waals surface area contributed by atoms with Crippen molar-refractivity contribution in [2.45, 2.75) is 6.10 Å². The van der Waals surface area contributed by atoms with E-state index in [2.05, 4.69) is 31.2 Å². The summed E-state index contributed by atoms with van der Waals surface area (Å²) in [7, 11) is 0. The van der Waals surface area contributed by atoms with Gasteiger partial charge >= 0.3 is 0 Å². The van der Waals surface area contributed by atoms with E-state index in [1.165, 1.54) is 11.3 Å². The Morgan fingerprint density at radius 3 is 2.68 bits per heavy atom. The van der Waals surface area contributed by atoms with Crippen LogP contribution in [0.2, 0.25) is 0 Å². The Balaban J connectivity index is 1.51. The number of fused-ring (bicyclic) bond motifs is 2. The highest BCUT2D eigenvalue weighted by molar-refractivity contribution is 9.10. The van der Waals surface area contributed by atoms with Crippen molar-refractivity contribution in [1.29, 1.82) is 0 Å². The summed E-state index contributed by atoms with van der Waals surface area (Å²) in [5, 5.41) is 14.0. The van der Waals surface area contributed by atoms with E-state index < -0.39 is 0 Å². The maximum Gasteiger partial charge on any atom is 0.235 e. The van der Waals surface area contributed by atoms with Gasteiger partial charge in [-0.3, -0.25) is 0 Å². The minimum Gasteiger partial charge on any atom is -0.485 e. The van der Waals surface area contributed by atoms with Crippen molar-refractivity contribution in [3.63, 3.8) is 0 Å². The second kappa shape index (κ2) is 5.82. The van der Waals surface area contributed by atoms with Crippen molar-refractivity contribution < 1.29 is 9.47 Å². The Morgan fingerprint density at radius 2 is 1.84 bits per heavy atom. The van der Waals surface area contributed by atoms with Gasteiger partial charge in [-0.2, -0.15) is 9.61 Å². The quantitative estimate of drug-likeness (QED) is 0.493. The molecule has 0 aliphatic carbocycles. The van der Waals surface area contributed by atoms with E-state index in [1.54, 1.807) is 4.52 Å². The molecule has 4 aromatic rings. The number of para-hydroxylation sites is 2. The van der Waals surface area contributed by atoms with Crippen LogP contribution in [-0.2, 0) is 0 Å². The van der Waals surface area contributed by atoms with E-state index in [9.17, 15) is 0 Å². The van der Waals surface area contributed by atoms with E-state index in [0.29, 0.717) is 18.2 Å². The maximum atomic E-state index is 6.03. The summed E-state index contributed by atoms with van der Waals surface area (Å²) in [4.78, 5) is 0.732. The Morgan fingerprint density at radius 1 is 1.04 bits per heavy atom. The molecule has 0 spiro atoms. The van der Waals surface area contributed by atoms with E-state index in [1.807, 2.05) is 48.5 Å². The van der Waals surface area contributed by atoms with Gasteiger partial charge < -0.3 is 9.47 Å². The topological polar surface area (TPSA) is 61.5 Å². The normalized spacial score (nSPS) is 16.3. The number of aromatic nitrogens is 4. The van der Waals surface area contributed by atoms with E-state index in [0.717, 1.165) is 25.8 Å². The van der Waals surface area contributed by atoms with Crippen molar-refractivity contribution in [3.8, 4) is 22.1 Å². The highest BCUT2D eigenvalue weighted by Crippen LogP contribution is 2.36. The standard InChI is InChI=1S/C17H11BrN4O2S/c18-11-7-5-10(6-8-11)16-21-22-15(19-20-17(22)25-16)14-9-23-12-3-1-2-4-13(12)24-14/h1-8,14H,9H2/t14-/m1/s1. The van der Waals surface area contributed by atoms with Gasteiger partial charge in [-0.15, -0.1) is 10.2 Å². The van der Waals surface area contributed by atoms with Crippen LogP contribution in [0.25, 0.3) is 15.5 Å². The molecule has 124 valence electrons. The van der Waals surface area contributed by atoms with Gasteiger partial charge in [0.05, 0.1) is 0 Å². The zero-order valence-electron chi connectivity index (χ0n) is 12.8. The minimum absolute atomic E-state index is 0.343. The molecule has 1 atom stereocenters. The molecule has 3 heterocycles. The molecule has 2 aromatic carbocycles. The second-order valence-electron chi connectivity index (χ2n) is 5.53. The van der Waals surface area contributed by atoms with Crippen molar-refractivity contribution in [3.05, 3.63) is 58.8 Å². The molecule has 2 aromatic heterocycles. The lowest BCUT2D eigenvalue weighted by Gasteiger charge is -2.24. The summed E-state index contributed by atoms with van der Waals surface area (Å²) in [6, 6.07) is 15.6. The van der Waals surface area contributed by atoms with Gasteiger partial charge in [0.25, 0.3) is 0 Å². The molecule has 6 nitrogen and oxygen atoms in total. The zero-order chi connectivity index (χ0) is 16.8. The number of nitrogens with zero attached hydrogens (tertiary/aromatic N) is 4. The molecule has 0 amide bonds. The molecule has 0 radical (unpaired) electrons. The first kappa shape index (κ1) is 14.9. The van der Waals surface area contributed by atoms with E-state index >= 15 is 0 Å². The molecule has 0 unspecified atom stereocenters. The van der Waals surface area contributed by atoms with Crippen molar-refractivity contribution in [1.82, 2.24) is 19.8 Å². The third kappa shape index (κ3) is 2.58. The average Bonchev–Trinajstić information content (AvgIpc) is 3.22. The fraction of sp³-hybridized carbons (Fsp3) is 0.118. The lowest BCUT2D eigenvalue weighted by atomic mass is 10.2. The van der Waals surface area contributed by atoms with Crippen LogP contribution in [0.5, 0.6) is 11.5 Å². The van der Waals surface area contributed by atoms with Crippen LogP contribution in [0.4, 0.5) is 0 Å². The Hall–Kier alpha value is -2.45. The summed E-state index contributed by atoms with van der Waals surface area (Å²) >= 11 is 4.94. The fourth-order valence-electron chi connectivity index (χ4n) is 2.69. The van der Waals surface area contributed by atoms with Crippen LogP contribution in [0, 0.1) is 0 Å². The number of rotatable bonds is 2. The van der Waals surface area contributed by atoms with Gasteiger partial charge in [0.15, 0.2) is 23.4 Å². The summed E-state index contributed by atoms with van der Waals surface area (Å²) in [6.45, 7) is 0.378. The second-order valence-corrected chi connectivity index (χ2v) is 7.40. The van der Waals surface area contributed by atoms with Crippen LogP contribution in [-0.4, -0.2) is 26.4 Å². The average molecular weight is 415 g/mol. The molecule has 1 aliphatic rings. The minimum atomic E-state index is -0.343. The number of ether oxygens (including phenoxy) is 2. The van der Waals surface area contributed by atoms with Gasteiger partial charge in [0.2, 0.25) is 4.96 Å². The smallest absolute Gasteiger partial charge is 0.235 e. The molecule has 1 aliphatic heterocycles. The number of hydrogen-bond donors (Lipinski definition) is 0. The Bertz CT molecular complexity index is 1060.